The maximum absolute atomic E-state index is 11.8. The topological polar surface area (TPSA) is 54.5 Å². The van der Waals surface area contributed by atoms with Gasteiger partial charge in [0, 0.05) is 43.4 Å². The molecule has 0 aliphatic carbocycles. The van der Waals surface area contributed by atoms with Crippen molar-refractivity contribution in [1.82, 2.24) is 14.4 Å². The van der Waals surface area contributed by atoms with Gasteiger partial charge in [0.25, 0.3) is 5.91 Å². The third kappa shape index (κ3) is 4.76. The van der Waals surface area contributed by atoms with E-state index in [0.29, 0.717) is 16.9 Å². The van der Waals surface area contributed by atoms with Gasteiger partial charge in [0.05, 0.1) is 12.2 Å². The van der Waals surface area contributed by atoms with Crippen molar-refractivity contribution in [2.75, 3.05) is 26.2 Å². The largest absolute Gasteiger partial charge is 0.365 e. The van der Waals surface area contributed by atoms with Gasteiger partial charge in [0.1, 0.15) is 4.64 Å². The molecule has 0 unspecified atom stereocenters. The van der Waals surface area contributed by atoms with Gasteiger partial charge in [0.15, 0.2) is 0 Å². The Morgan fingerprint density at radius 1 is 1.15 bits per heavy atom. The first-order chi connectivity index (χ1) is 12.8. The molecule has 1 fully saturated rings. The summed E-state index contributed by atoms with van der Waals surface area (Å²) in [5, 5.41) is 0.778. The molecule has 3 rings (SSSR count). The molecule has 7 heteroatoms. The summed E-state index contributed by atoms with van der Waals surface area (Å²) in [6.07, 6.45) is 0. The SMILES string of the molecule is Cc1cc(C)n(CN2CCN(Cc3cccc(Cl)c3)CC2)c(=S)c1C(N)=O. The van der Waals surface area contributed by atoms with Crippen LogP contribution in [-0.2, 0) is 13.2 Å². The molecule has 0 radical (unpaired) electrons. The molecule has 2 heterocycles. The van der Waals surface area contributed by atoms with E-state index in [2.05, 4.69) is 15.9 Å². The Labute approximate surface area is 170 Å². The predicted molar refractivity (Wildman–Crippen MR) is 112 cm³/mol. The van der Waals surface area contributed by atoms with Crippen molar-refractivity contribution in [1.29, 1.82) is 0 Å². The second kappa shape index (κ2) is 8.52. The Balaban J connectivity index is 1.65. The number of primary amides is 1. The van der Waals surface area contributed by atoms with Gasteiger partial charge in [-0.15, -0.1) is 0 Å². The molecule has 1 aliphatic heterocycles. The Morgan fingerprint density at radius 2 is 1.81 bits per heavy atom. The van der Waals surface area contributed by atoms with Crippen LogP contribution in [0.2, 0.25) is 5.02 Å². The zero-order chi connectivity index (χ0) is 19.6. The van der Waals surface area contributed by atoms with Crippen molar-refractivity contribution >= 4 is 29.7 Å². The average Bonchev–Trinajstić information content (AvgIpc) is 2.59. The molecule has 1 aliphatic rings. The highest BCUT2D eigenvalue weighted by atomic mass is 35.5. The van der Waals surface area contributed by atoms with Gasteiger partial charge in [-0.1, -0.05) is 36.0 Å². The number of benzene rings is 1. The van der Waals surface area contributed by atoms with Gasteiger partial charge in [-0.2, -0.15) is 0 Å². The Hall–Kier alpha value is -1.73. The fraction of sp³-hybridized carbons (Fsp3) is 0.400. The molecular weight excluding hydrogens is 380 g/mol. The molecule has 0 bridgehead atoms. The highest BCUT2D eigenvalue weighted by molar-refractivity contribution is 7.71. The zero-order valence-corrected chi connectivity index (χ0v) is 17.3. The zero-order valence-electron chi connectivity index (χ0n) is 15.7. The summed E-state index contributed by atoms with van der Waals surface area (Å²) in [4.78, 5) is 16.5. The van der Waals surface area contributed by atoms with Crippen LogP contribution in [0, 0.1) is 18.5 Å². The maximum Gasteiger partial charge on any atom is 0.251 e. The summed E-state index contributed by atoms with van der Waals surface area (Å²) in [5.74, 6) is -0.461. The van der Waals surface area contributed by atoms with Gasteiger partial charge in [-0.05, 0) is 43.2 Å². The molecule has 27 heavy (non-hydrogen) atoms. The number of piperazine rings is 1. The van der Waals surface area contributed by atoms with Crippen molar-refractivity contribution in [3.63, 3.8) is 0 Å². The lowest BCUT2D eigenvalue weighted by molar-refractivity contribution is 0.0982. The molecule has 1 saturated heterocycles. The number of aromatic nitrogens is 1. The Morgan fingerprint density at radius 3 is 2.44 bits per heavy atom. The Bertz CT molecular complexity index is 903. The number of nitrogens with two attached hydrogens (primary N) is 1. The second-order valence-corrected chi connectivity index (χ2v) is 7.93. The van der Waals surface area contributed by atoms with E-state index in [1.807, 2.05) is 42.7 Å². The van der Waals surface area contributed by atoms with E-state index in [1.165, 1.54) is 5.56 Å². The van der Waals surface area contributed by atoms with Crippen LogP contribution in [0.3, 0.4) is 0 Å². The van der Waals surface area contributed by atoms with Crippen LogP contribution >= 0.6 is 23.8 Å². The quantitative estimate of drug-likeness (QED) is 0.776. The number of halogens is 1. The van der Waals surface area contributed by atoms with Crippen molar-refractivity contribution < 1.29 is 4.79 Å². The fourth-order valence-corrected chi connectivity index (χ4v) is 4.26. The van der Waals surface area contributed by atoms with Crippen LogP contribution in [0.5, 0.6) is 0 Å². The summed E-state index contributed by atoms with van der Waals surface area (Å²) < 4.78 is 2.54. The first-order valence-corrected chi connectivity index (χ1v) is 9.84. The third-order valence-corrected chi connectivity index (χ3v) is 5.71. The first-order valence-electron chi connectivity index (χ1n) is 9.05. The van der Waals surface area contributed by atoms with Crippen LogP contribution in [0.15, 0.2) is 30.3 Å². The molecule has 1 amide bonds. The number of aryl methyl sites for hydroxylation is 2. The monoisotopic (exact) mass is 404 g/mol. The molecule has 0 spiro atoms. The standard InChI is InChI=1S/C20H25ClN4OS/c1-14-10-15(2)25(20(27)18(14)19(22)26)13-24-8-6-23(7-9-24)12-16-4-3-5-17(21)11-16/h3-5,10-11H,6-9,12-13H2,1-2H3,(H2,22,26). The smallest absolute Gasteiger partial charge is 0.251 e. The molecule has 5 nitrogen and oxygen atoms in total. The van der Waals surface area contributed by atoms with E-state index in [9.17, 15) is 4.79 Å². The van der Waals surface area contributed by atoms with Gasteiger partial charge >= 0.3 is 0 Å². The van der Waals surface area contributed by atoms with E-state index in [0.717, 1.165) is 49.0 Å². The average molecular weight is 405 g/mol. The van der Waals surface area contributed by atoms with E-state index in [1.54, 1.807) is 0 Å². The van der Waals surface area contributed by atoms with E-state index < -0.39 is 5.91 Å². The molecule has 0 atom stereocenters. The van der Waals surface area contributed by atoms with Crippen LogP contribution < -0.4 is 5.73 Å². The highest BCUT2D eigenvalue weighted by Gasteiger charge is 2.19. The number of pyridine rings is 1. The van der Waals surface area contributed by atoms with Crippen LogP contribution in [-0.4, -0.2) is 46.5 Å². The maximum atomic E-state index is 11.8. The molecule has 144 valence electrons. The number of nitrogens with zero attached hydrogens (tertiary/aromatic N) is 3. The number of amides is 1. The number of hydrogen-bond acceptors (Lipinski definition) is 4. The van der Waals surface area contributed by atoms with Gasteiger partial charge in [-0.3, -0.25) is 14.6 Å². The van der Waals surface area contributed by atoms with Gasteiger partial charge < -0.3 is 10.3 Å². The fourth-order valence-electron chi connectivity index (χ4n) is 3.59. The first kappa shape index (κ1) is 20.0. The van der Waals surface area contributed by atoms with Crippen LogP contribution in [0.25, 0.3) is 0 Å². The van der Waals surface area contributed by atoms with Crippen molar-refractivity contribution in [3.8, 4) is 0 Å². The minimum atomic E-state index is -0.461. The summed E-state index contributed by atoms with van der Waals surface area (Å²) >= 11 is 11.6. The molecule has 2 aromatic rings. The number of carbonyl (C=O) groups is 1. The summed E-state index contributed by atoms with van der Waals surface area (Å²) in [6, 6.07) is 10.0. The lowest BCUT2D eigenvalue weighted by Gasteiger charge is -2.35. The van der Waals surface area contributed by atoms with E-state index >= 15 is 0 Å². The Kier molecular flexibility index (Phi) is 6.32. The van der Waals surface area contributed by atoms with Crippen molar-refractivity contribution in [2.24, 2.45) is 5.73 Å². The van der Waals surface area contributed by atoms with E-state index in [-0.39, 0.29) is 0 Å². The minimum Gasteiger partial charge on any atom is -0.365 e. The van der Waals surface area contributed by atoms with Gasteiger partial charge in [-0.25, -0.2) is 0 Å². The lowest BCUT2D eigenvalue weighted by atomic mass is 10.1. The van der Waals surface area contributed by atoms with E-state index in [4.69, 9.17) is 29.6 Å². The third-order valence-electron chi connectivity index (χ3n) is 5.05. The van der Waals surface area contributed by atoms with Crippen LogP contribution in [0.1, 0.15) is 27.2 Å². The summed E-state index contributed by atoms with van der Waals surface area (Å²) in [5.41, 5.74) is 9.10. The summed E-state index contributed by atoms with van der Waals surface area (Å²) in [6.45, 7) is 9.33. The highest BCUT2D eigenvalue weighted by Crippen LogP contribution is 2.17. The van der Waals surface area contributed by atoms with Gasteiger partial charge in [0.2, 0.25) is 0 Å². The van der Waals surface area contributed by atoms with Crippen molar-refractivity contribution in [2.45, 2.75) is 27.1 Å². The lowest BCUT2D eigenvalue weighted by Crippen LogP contribution is -2.46. The van der Waals surface area contributed by atoms with Crippen molar-refractivity contribution in [3.05, 3.63) is 62.4 Å². The number of rotatable bonds is 5. The molecule has 2 N–H and O–H groups in total. The molecule has 1 aromatic heterocycles. The van der Waals surface area contributed by atoms with Crippen LogP contribution in [0.4, 0.5) is 0 Å². The molecular formula is C20H25ClN4OS. The predicted octanol–water partition coefficient (Wildman–Crippen LogP) is 3.36. The normalized spacial score (nSPS) is 15.8. The second-order valence-electron chi connectivity index (χ2n) is 7.11. The molecule has 1 aromatic carbocycles. The number of carbonyl (C=O) groups excluding carboxylic acids is 1. The summed E-state index contributed by atoms with van der Waals surface area (Å²) in [7, 11) is 0. The number of hydrogen-bond donors (Lipinski definition) is 1. The minimum absolute atomic E-state index is 0.454. The molecule has 0 saturated carbocycles.